The molecule has 1 aromatic heterocycles. The average Bonchev–Trinajstić information content (AvgIpc) is 2.65. The molecule has 0 bridgehead atoms. The van der Waals surface area contributed by atoms with Gasteiger partial charge in [-0.15, -0.1) is 11.3 Å². The molecule has 0 spiro atoms. The molecule has 0 aliphatic rings. The lowest BCUT2D eigenvalue weighted by atomic mass is 9.92. The van der Waals surface area contributed by atoms with Crippen LogP contribution < -0.4 is 0 Å². The van der Waals surface area contributed by atoms with Gasteiger partial charge in [-0.25, -0.2) is 0 Å². The van der Waals surface area contributed by atoms with E-state index in [1.165, 1.54) is 0 Å². The smallest absolute Gasteiger partial charge is 0.122 e. The minimum atomic E-state index is -0.932. The van der Waals surface area contributed by atoms with Crippen LogP contribution in [0, 0.1) is 6.92 Å². The fourth-order valence-corrected chi connectivity index (χ4v) is 3.52. The van der Waals surface area contributed by atoms with Gasteiger partial charge in [0.25, 0.3) is 0 Å². The highest BCUT2D eigenvalue weighted by Gasteiger charge is 2.30. The summed E-state index contributed by atoms with van der Waals surface area (Å²) < 4.78 is 0.938. The Morgan fingerprint density at radius 2 is 1.94 bits per heavy atom. The van der Waals surface area contributed by atoms with Gasteiger partial charge in [0.05, 0.1) is 0 Å². The summed E-state index contributed by atoms with van der Waals surface area (Å²) in [6.45, 7) is 3.86. The van der Waals surface area contributed by atoms with Gasteiger partial charge in [-0.3, -0.25) is 0 Å². The van der Waals surface area contributed by atoms with Crippen molar-refractivity contribution in [2.24, 2.45) is 0 Å². The van der Waals surface area contributed by atoms with Crippen LogP contribution >= 0.6 is 27.3 Å². The molecule has 2 aromatic rings. The van der Waals surface area contributed by atoms with Crippen molar-refractivity contribution in [1.82, 2.24) is 0 Å². The molecule has 1 N–H and O–H groups in total. The lowest BCUT2D eigenvalue weighted by molar-refractivity contribution is 0.105. The van der Waals surface area contributed by atoms with Crippen molar-refractivity contribution in [3.8, 4) is 0 Å². The van der Waals surface area contributed by atoms with Gasteiger partial charge < -0.3 is 5.11 Å². The van der Waals surface area contributed by atoms with Crippen LogP contribution in [-0.2, 0) is 5.60 Å². The monoisotopic (exact) mass is 296 g/mol. The first-order valence-electron chi connectivity index (χ1n) is 5.05. The van der Waals surface area contributed by atoms with Crippen molar-refractivity contribution in [3.05, 3.63) is 56.2 Å². The molecule has 0 saturated heterocycles. The number of hydrogen-bond acceptors (Lipinski definition) is 2. The highest BCUT2D eigenvalue weighted by atomic mass is 79.9. The maximum Gasteiger partial charge on any atom is 0.122 e. The summed E-state index contributed by atoms with van der Waals surface area (Å²) in [6, 6.07) is 9.82. The van der Waals surface area contributed by atoms with Gasteiger partial charge in [0.15, 0.2) is 0 Å². The van der Waals surface area contributed by atoms with Crippen LogP contribution in [0.1, 0.15) is 22.9 Å². The van der Waals surface area contributed by atoms with E-state index in [-0.39, 0.29) is 0 Å². The third kappa shape index (κ3) is 1.95. The lowest BCUT2D eigenvalue weighted by Crippen LogP contribution is -2.22. The summed E-state index contributed by atoms with van der Waals surface area (Å²) in [4.78, 5) is 0.999. The quantitative estimate of drug-likeness (QED) is 0.885. The molecule has 1 aromatic carbocycles. The Labute approximate surface area is 108 Å². The Morgan fingerprint density at radius 3 is 2.50 bits per heavy atom. The van der Waals surface area contributed by atoms with Gasteiger partial charge in [0, 0.05) is 14.9 Å². The fraction of sp³-hybridized carbons (Fsp3) is 0.231. The van der Waals surface area contributed by atoms with Gasteiger partial charge in [-0.1, -0.05) is 34.1 Å². The SMILES string of the molecule is Cc1ccsc1C(C)(O)c1ccccc1Br. The molecular formula is C13H13BrOS. The normalized spacial score (nSPS) is 14.8. The second kappa shape index (κ2) is 4.32. The van der Waals surface area contributed by atoms with E-state index in [1.54, 1.807) is 11.3 Å². The zero-order valence-corrected chi connectivity index (χ0v) is 11.6. The topological polar surface area (TPSA) is 20.2 Å². The van der Waals surface area contributed by atoms with Crippen LogP contribution in [-0.4, -0.2) is 5.11 Å². The van der Waals surface area contributed by atoms with Gasteiger partial charge in [-0.05, 0) is 36.9 Å². The minimum Gasteiger partial charge on any atom is -0.380 e. The first-order valence-corrected chi connectivity index (χ1v) is 6.72. The molecule has 16 heavy (non-hydrogen) atoms. The maximum absolute atomic E-state index is 10.7. The summed E-state index contributed by atoms with van der Waals surface area (Å²) in [6.07, 6.45) is 0. The van der Waals surface area contributed by atoms with E-state index in [2.05, 4.69) is 15.9 Å². The van der Waals surface area contributed by atoms with E-state index >= 15 is 0 Å². The lowest BCUT2D eigenvalue weighted by Gasteiger charge is -2.25. The molecule has 1 atom stereocenters. The highest BCUT2D eigenvalue weighted by Crippen LogP contribution is 2.38. The molecule has 1 unspecified atom stereocenters. The molecule has 84 valence electrons. The van der Waals surface area contributed by atoms with E-state index in [0.29, 0.717) is 0 Å². The zero-order valence-electron chi connectivity index (χ0n) is 9.20. The number of halogens is 1. The predicted molar refractivity (Wildman–Crippen MR) is 71.9 cm³/mol. The summed E-state index contributed by atoms with van der Waals surface area (Å²) in [7, 11) is 0. The number of rotatable bonds is 2. The third-order valence-electron chi connectivity index (χ3n) is 2.70. The van der Waals surface area contributed by atoms with Crippen LogP contribution in [0.5, 0.6) is 0 Å². The van der Waals surface area contributed by atoms with E-state index in [0.717, 1.165) is 20.5 Å². The molecule has 0 amide bonds. The van der Waals surface area contributed by atoms with Crippen molar-refractivity contribution < 1.29 is 5.11 Å². The molecule has 0 radical (unpaired) electrons. The van der Waals surface area contributed by atoms with Gasteiger partial charge in [0.2, 0.25) is 0 Å². The van der Waals surface area contributed by atoms with Crippen LogP contribution in [0.15, 0.2) is 40.2 Å². The summed E-state index contributed by atoms with van der Waals surface area (Å²) >= 11 is 5.08. The van der Waals surface area contributed by atoms with E-state index in [9.17, 15) is 5.11 Å². The first-order chi connectivity index (χ1) is 7.53. The number of aryl methyl sites for hydroxylation is 1. The highest BCUT2D eigenvalue weighted by molar-refractivity contribution is 9.10. The van der Waals surface area contributed by atoms with Crippen molar-refractivity contribution >= 4 is 27.3 Å². The Kier molecular flexibility index (Phi) is 3.19. The molecule has 0 aliphatic carbocycles. The van der Waals surface area contributed by atoms with Crippen molar-refractivity contribution in [2.75, 3.05) is 0 Å². The van der Waals surface area contributed by atoms with Crippen LogP contribution in [0.3, 0.4) is 0 Å². The molecule has 1 heterocycles. The van der Waals surface area contributed by atoms with Crippen LogP contribution in [0.4, 0.5) is 0 Å². The Bertz CT molecular complexity index is 502. The molecule has 2 rings (SSSR count). The second-order valence-electron chi connectivity index (χ2n) is 3.98. The summed E-state index contributed by atoms with van der Waals surface area (Å²) in [5.41, 5.74) is 1.10. The van der Waals surface area contributed by atoms with Gasteiger partial charge >= 0.3 is 0 Å². The number of aliphatic hydroxyl groups is 1. The number of benzene rings is 1. The number of thiophene rings is 1. The predicted octanol–water partition coefficient (Wildman–Crippen LogP) is 4.07. The molecular weight excluding hydrogens is 284 g/mol. The van der Waals surface area contributed by atoms with Crippen molar-refractivity contribution in [3.63, 3.8) is 0 Å². The van der Waals surface area contributed by atoms with E-state index in [4.69, 9.17) is 0 Å². The fourth-order valence-electron chi connectivity index (χ4n) is 1.85. The van der Waals surface area contributed by atoms with Gasteiger partial charge in [-0.2, -0.15) is 0 Å². The Hall–Kier alpha value is -0.640. The molecule has 3 heteroatoms. The van der Waals surface area contributed by atoms with Crippen LogP contribution in [0.2, 0.25) is 0 Å². The molecule has 0 saturated carbocycles. The van der Waals surface area contributed by atoms with Crippen molar-refractivity contribution in [1.29, 1.82) is 0 Å². The Balaban J connectivity index is 2.55. The minimum absolute atomic E-state index is 0.903. The molecule has 1 nitrogen and oxygen atoms in total. The Morgan fingerprint density at radius 1 is 1.25 bits per heavy atom. The first kappa shape index (κ1) is 11.8. The van der Waals surface area contributed by atoms with Crippen LogP contribution in [0.25, 0.3) is 0 Å². The third-order valence-corrected chi connectivity index (χ3v) is 4.62. The zero-order chi connectivity index (χ0) is 11.8. The standard InChI is InChI=1S/C13H13BrOS/c1-9-7-8-16-12(9)13(2,15)10-5-3-4-6-11(10)14/h3-8,15H,1-2H3. The van der Waals surface area contributed by atoms with Crippen molar-refractivity contribution in [2.45, 2.75) is 19.4 Å². The molecule has 0 fully saturated rings. The maximum atomic E-state index is 10.7. The molecule has 0 aliphatic heterocycles. The number of hydrogen-bond donors (Lipinski definition) is 1. The largest absolute Gasteiger partial charge is 0.380 e. The summed E-state index contributed by atoms with van der Waals surface area (Å²) in [5, 5.41) is 12.7. The average molecular weight is 297 g/mol. The van der Waals surface area contributed by atoms with E-state index in [1.807, 2.05) is 49.6 Å². The van der Waals surface area contributed by atoms with E-state index < -0.39 is 5.60 Å². The second-order valence-corrected chi connectivity index (χ2v) is 5.76. The summed E-state index contributed by atoms with van der Waals surface area (Å²) in [5.74, 6) is 0. The van der Waals surface area contributed by atoms with Gasteiger partial charge in [0.1, 0.15) is 5.60 Å².